The Kier molecular flexibility index (Phi) is 6.14. The summed E-state index contributed by atoms with van der Waals surface area (Å²) in [4.78, 5) is 32.8. The van der Waals surface area contributed by atoms with E-state index in [1.54, 1.807) is 13.1 Å². The Labute approximate surface area is 215 Å². The monoisotopic (exact) mass is 504 g/mol. The third-order valence-electron chi connectivity index (χ3n) is 7.51. The summed E-state index contributed by atoms with van der Waals surface area (Å²) >= 11 is 0. The molecule has 3 aromatic rings. The lowest BCUT2D eigenvalue weighted by Crippen LogP contribution is -2.43. The van der Waals surface area contributed by atoms with Gasteiger partial charge in [-0.05, 0) is 69.6 Å². The fourth-order valence-electron chi connectivity index (χ4n) is 5.44. The second-order valence-corrected chi connectivity index (χ2v) is 10.4. The quantitative estimate of drug-likeness (QED) is 0.444. The average molecular weight is 505 g/mol. The van der Waals surface area contributed by atoms with Crippen molar-refractivity contribution < 1.29 is 23.8 Å². The van der Waals surface area contributed by atoms with Crippen LogP contribution < -0.4 is 24.8 Å². The molecule has 2 aliphatic carbocycles. The summed E-state index contributed by atoms with van der Waals surface area (Å²) in [7, 11) is 0. The van der Waals surface area contributed by atoms with E-state index in [1.807, 2.05) is 25.1 Å². The summed E-state index contributed by atoms with van der Waals surface area (Å²) in [6.07, 6.45) is 7.47. The van der Waals surface area contributed by atoms with Crippen LogP contribution in [0.2, 0.25) is 0 Å². The van der Waals surface area contributed by atoms with Crippen LogP contribution in [-0.2, 0) is 4.79 Å². The number of nitrogens with one attached hydrogen (secondary N) is 3. The van der Waals surface area contributed by atoms with Gasteiger partial charge in [-0.15, -0.1) is 0 Å². The number of amides is 2. The van der Waals surface area contributed by atoms with Crippen molar-refractivity contribution in [1.29, 1.82) is 0 Å². The van der Waals surface area contributed by atoms with Crippen LogP contribution in [0.4, 0.5) is 0 Å². The first-order valence-electron chi connectivity index (χ1n) is 13.1. The number of carbonyl (C=O) groups is 2. The zero-order valence-electron chi connectivity index (χ0n) is 21.2. The minimum Gasteiger partial charge on any atom is -0.493 e. The normalized spacial score (nSPS) is 20.6. The van der Waals surface area contributed by atoms with Crippen molar-refractivity contribution in [2.24, 2.45) is 5.92 Å². The number of aromatic amines is 1. The number of pyridine rings is 1. The van der Waals surface area contributed by atoms with Crippen LogP contribution in [0.15, 0.2) is 24.4 Å². The second-order valence-electron chi connectivity index (χ2n) is 10.4. The molecule has 2 amide bonds. The van der Waals surface area contributed by atoms with Gasteiger partial charge in [-0.25, -0.2) is 0 Å². The van der Waals surface area contributed by atoms with Crippen LogP contribution in [0.25, 0.3) is 22.2 Å². The molecule has 2 saturated carbocycles. The van der Waals surface area contributed by atoms with Gasteiger partial charge >= 0.3 is 0 Å². The van der Waals surface area contributed by atoms with Gasteiger partial charge in [0, 0.05) is 36.5 Å². The van der Waals surface area contributed by atoms with Crippen molar-refractivity contribution in [3.63, 3.8) is 0 Å². The molecule has 0 spiro atoms. The molecule has 3 aliphatic rings. The molecule has 9 heteroatoms. The number of hydrogen-bond donors (Lipinski definition) is 3. The topological polar surface area (TPSA) is 115 Å². The zero-order chi connectivity index (χ0) is 25.5. The van der Waals surface area contributed by atoms with Crippen LogP contribution in [0.5, 0.6) is 17.2 Å². The first-order valence-corrected chi connectivity index (χ1v) is 13.1. The lowest BCUT2D eigenvalue weighted by atomic mass is 9.91. The van der Waals surface area contributed by atoms with Crippen molar-refractivity contribution in [2.45, 2.75) is 64.5 Å². The third kappa shape index (κ3) is 4.70. The molecule has 2 aromatic heterocycles. The van der Waals surface area contributed by atoms with E-state index in [-0.39, 0.29) is 30.7 Å². The van der Waals surface area contributed by atoms with Gasteiger partial charge in [0.2, 0.25) is 12.7 Å². The largest absolute Gasteiger partial charge is 0.493 e. The summed E-state index contributed by atoms with van der Waals surface area (Å²) in [6, 6.07) is 5.98. The van der Waals surface area contributed by atoms with Crippen molar-refractivity contribution in [2.75, 3.05) is 13.4 Å². The van der Waals surface area contributed by atoms with Gasteiger partial charge in [0.25, 0.3) is 5.91 Å². The molecule has 0 unspecified atom stereocenters. The van der Waals surface area contributed by atoms with Gasteiger partial charge in [-0.3, -0.25) is 14.6 Å². The van der Waals surface area contributed by atoms with Crippen molar-refractivity contribution >= 4 is 22.8 Å². The third-order valence-corrected chi connectivity index (χ3v) is 7.51. The number of H-pyrrole nitrogens is 1. The van der Waals surface area contributed by atoms with Crippen molar-refractivity contribution in [1.82, 2.24) is 20.6 Å². The minimum atomic E-state index is -0.139. The summed E-state index contributed by atoms with van der Waals surface area (Å²) in [5.41, 5.74) is 4.35. The standard InChI is InChI=1S/C28H32N4O5/c1-15-23(28(34)32-19-7-5-18(6-8-19)31-16(2)33)26-25(30-15)20(11-12-29-26)24-21(35-13-17-3-4-17)9-10-22-27(24)37-14-36-22/h9-12,17-19,30H,3-8,13-14H2,1-2H3,(H,31,33)(H,32,34). The number of ether oxygens (including phenoxy) is 3. The molecule has 3 heterocycles. The second kappa shape index (κ2) is 9.61. The average Bonchev–Trinajstić information content (AvgIpc) is 3.46. The molecule has 194 valence electrons. The predicted octanol–water partition coefficient (Wildman–Crippen LogP) is 4.23. The summed E-state index contributed by atoms with van der Waals surface area (Å²) in [5, 5.41) is 6.18. The number of nitrogens with zero attached hydrogens (tertiary/aromatic N) is 1. The van der Waals surface area contributed by atoms with Crippen molar-refractivity contribution in [3.05, 3.63) is 35.7 Å². The highest BCUT2D eigenvalue weighted by atomic mass is 16.7. The molecule has 3 N–H and O–H groups in total. The number of rotatable bonds is 7. The summed E-state index contributed by atoms with van der Waals surface area (Å²) in [5.74, 6) is 2.51. The molecular weight excluding hydrogens is 472 g/mol. The highest BCUT2D eigenvalue weighted by Crippen LogP contribution is 2.49. The smallest absolute Gasteiger partial charge is 0.255 e. The number of hydrogen-bond acceptors (Lipinski definition) is 6. The first-order chi connectivity index (χ1) is 18.0. The molecular formula is C28H32N4O5. The Morgan fingerprint density at radius 2 is 1.81 bits per heavy atom. The molecule has 9 nitrogen and oxygen atoms in total. The van der Waals surface area contributed by atoms with E-state index >= 15 is 0 Å². The molecule has 1 aliphatic heterocycles. The SMILES string of the molecule is CC(=O)NC1CCC(NC(=O)c2c(C)[nH]c3c(-c4c(OCC5CC5)ccc5c4OCO5)ccnc23)CC1. The maximum absolute atomic E-state index is 13.4. The maximum Gasteiger partial charge on any atom is 0.255 e. The van der Waals surface area contributed by atoms with Crippen LogP contribution in [-0.4, -0.2) is 47.3 Å². The fraction of sp³-hybridized carbons (Fsp3) is 0.464. The number of benzene rings is 1. The fourth-order valence-corrected chi connectivity index (χ4v) is 5.44. The van der Waals surface area contributed by atoms with Crippen molar-refractivity contribution in [3.8, 4) is 28.4 Å². The van der Waals surface area contributed by atoms with Crippen LogP contribution in [0, 0.1) is 12.8 Å². The Bertz CT molecular complexity index is 1350. The molecule has 6 rings (SSSR count). The zero-order valence-corrected chi connectivity index (χ0v) is 21.2. The minimum absolute atomic E-state index is 0.00843. The maximum atomic E-state index is 13.4. The first kappa shape index (κ1) is 23.6. The molecule has 2 fully saturated rings. The Hall–Kier alpha value is -3.75. The van der Waals surface area contributed by atoms with E-state index < -0.39 is 0 Å². The van der Waals surface area contributed by atoms with Gasteiger partial charge in [0.15, 0.2) is 11.5 Å². The van der Waals surface area contributed by atoms with Gasteiger partial charge in [-0.2, -0.15) is 0 Å². The highest BCUT2D eigenvalue weighted by molar-refractivity contribution is 6.10. The molecule has 1 aromatic carbocycles. The Balaban J connectivity index is 1.30. The predicted molar refractivity (Wildman–Crippen MR) is 138 cm³/mol. The molecule has 0 saturated heterocycles. The van der Waals surface area contributed by atoms with E-state index in [0.29, 0.717) is 35.1 Å². The lowest BCUT2D eigenvalue weighted by Gasteiger charge is -2.29. The van der Waals surface area contributed by atoms with Gasteiger partial charge in [0.05, 0.1) is 23.3 Å². The van der Waals surface area contributed by atoms with Gasteiger partial charge in [0.1, 0.15) is 11.3 Å². The van der Waals surface area contributed by atoms with Crippen LogP contribution in [0.3, 0.4) is 0 Å². The number of aryl methyl sites for hydroxylation is 1. The summed E-state index contributed by atoms with van der Waals surface area (Å²) < 4.78 is 17.8. The molecule has 0 bridgehead atoms. The molecule has 37 heavy (non-hydrogen) atoms. The molecule has 0 radical (unpaired) electrons. The number of carbonyl (C=O) groups excluding carboxylic acids is 2. The number of fused-ring (bicyclic) bond motifs is 2. The Morgan fingerprint density at radius 3 is 2.54 bits per heavy atom. The van der Waals surface area contributed by atoms with Gasteiger partial charge < -0.3 is 29.8 Å². The van der Waals surface area contributed by atoms with Crippen LogP contribution in [0.1, 0.15) is 61.5 Å². The van der Waals surface area contributed by atoms with E-state index in [9.17, 15) is 9.59 Å². The van der Waals surface area contributed by atoms with E-state index in [4.69, 9.17) is 14.2 Å². The Morgan fingerprint density at radius 1 is 1.05 bits per heavy atom. The van der Waals surface area contributed by atoms with E-state index in [1.165, 1.54) is 12.8 Å². The van der Waals surface area contributed by atoms with Gasteiger partial charge in [-0.1, -0.05) is 0 Å². The van der Waals surface area contributed by atoms with E-state index in [0.717, 1.165) is 53.8 Å². The summed E-state index contributed by atoms with van der Waals surface area (Å²) in [6.45, 7) is 4.26. The molecule has 0 atom stereocenters. The van der Waals surface area contributed by atoms with Crippen LogP contribution >= 0.6 is 0 Å². The van der Waals surface area contributed by atoms with E-state index in [2.05, 4.69) is 20.6 Å². The highest BCUT2D eigenvalue weighted by Gasteiger charge is 2.30. The lowest BCUT2D eigenvalue weighted by molar-refractivity contribution is -0.119. The number of aromatic nitrogens is 2.